The van der Waals surface area contributed by atoms with Gasteiger partial charge in [-0.05, 0) is 36.6 Å². The maximum absolute atomic E-state index is 5.32. The molecule has 0 radical (unpaired) electrons. The minimum Gasteiger partial charge on any atom is -0.496 e. The van der Waals surface area contributed by atoms with Gasteiger partial charge in [0.15, 0.2) is 0 Å². The number of hydrogen-bond acceptors (Lipinski definition) is 1. The average Bonchev–Trinajstić information content (AvgIpc) is 2.19. The quantitative estimate of drug-likeness (QED) is 0.678. The standard InChI is InChI=1S/C12H19OP/c1-10(7-8-14)9-11-5-3-4-6-12(11)13-2/h3-6,10H,7-9,14H2,1-2H3. The summed E-state index contributed by atoms with van der Waals surface area (Å²) in [6, 6.07) is 8.27. The molecule has 1 aromatic rings. The summed E-state index contributed by atoms with van der Waals surface area (Å²) in [5.41, 5.74) is 1.32. The molecule has 0 heterocycles. The molecular weight excluding hydrogens is 191 g/mol. The van der Waals surface area contributed by atoms with Gasteiger partial charge in [0.05, 0.1) is 7.11 Å². The van der Waals surface area contributed by atoms with Crippen LogP contribution in [0.3, 0.4) is 0 Å². The Labute approximate surface area is 89.1 Å². The number of methoxy groups -OCH3 is 1. The van der Waals surface area contributed by atoms with Crippen molar-refractivity contribution in [1.29, 1.82) is 0 Å². The lowest BCUT2D eigenvalue weighted by atomic mass is 9.98. The predicted molar refractivity (Wildman–Crippen MR) is 65.1 cm³/mol. The lowest BCUT2D eigenvalue weighted by Gasteiger charge is -2.12. The molecule has 1 aromatic carbocycles. The van der Waals surface area contributed by atoms with Gasteiger partial charge in [0.25, 0.3) is 0 Å². The van der Waals surface area contributed by atoms with Crippen LogP contribution in [0, 0.1) is 5.92 Å². The fraction of sp³-hybridized carbons (Fsp3) is 0.500. The molecule has 0 aliphatic heterocycles. The normalized spacial score (nSPS) is 12.5. The highest BCUT2D eigenvalue weighted by Crippen LogP contribution is 2.22. The maximum Gasteiger partial charge on any atom is 0.122 e. The highest BCUT2D eigenvalue weighted by molar-refractivity contribution is 7.16. The van der Waals surface area contributed by atoms with E-state index in [4.69, 9.17) is 4.74 Å². The van der Waals surface area contributed by atoms with E-state index in [0.29, 0.717) is 0 Å². The van der Waals surface area contributed by atoms with E-state index in [-0.39, 0.29) is 0 Å². The Hall–Kier alpha value is -0.550. The zero-order valence-corrected chi connectivity index (χ0v) is 10.1. The molecule has 0 aromatic heterocycles. The Balaban J connectivity index is 2.65. The van der Waals surface area contributed by atoms with E-state index < -0.39 is 0 Å². The first kappa shape index (κ1) is 11.5. The van der Waals surface area contributed by atoms with Gasteiger partial charge in [-0.1, -0.05) is 25.1 Å². The van der Waals surface area contributed by atoms with Crippen molar-refractivity contribution in [1.82, 2.24) is 0 Å². The molecule has 0 N–H and O–H groups in total. The van der Waals surface area contributed by atoms with Crippen molar-refractivity contribution in [3.63, 3.8) is 0 Å². The van der Waals surface area contributed by atoms with Crippen molar-refractivity contribution in [2.45, 2.75) is 19.8 Å². The Bertz CT molecular complexity index is 273. The zero-order chi connectivity index (χ0) is 10.4. The van der Waals surface area contributed by atoms with Crippen LogP contribution < -0.4 is 4.74 Å². The smallest absolute Gasteiger partial charge is 0.122 e. The number of rotatable bonds is 5. The Morgan fingerprint density at radius 2 is 2.07 bits per heavy atom. The third kappa shape index (κ3) is 3.31. The Morgan fingerprint density at radius 3 is 2.71 bits per heavy atom. The summed E-state index contributed by atoms with van der Waals surface area (Å²) in [4.78, 5) is 0. The molecule has 2 atom stereocenters. The summed E-state index contributed by atoms with van der Waals surface area (Å²) in [7, 11) is 4.52. The van der Waals surface area contributed by atoms with Crippen LogP contribution in [-0.4, -0.2) is 13.3 Å². The van der Waals surface area contributed by atoms with Gasteiger partial charge in [0, 0.05) is 0 Å². The summed E-state index contributed by atoms with van der Waals surface area (Å²) >= 11 is 0. The van der Waals surface area contributed by atoms with Crippen LogP contribution >= 0.6 is 9.24 Å². The SMILES string of the molecule is COc1ccccc1CC(C)CCP. The molecule has 2 unspecified atom stereocenters. The molecule has 0 amide bonds. The monoisotopic (exact) mass is 210 g/mol. The fourth-order valence-corrected chi connectivity index (χ4v) is 2.20. The van der Waals surface area contributed by atoms with Crippen molar-refractivity contribution >= 4 is 9.24 Å². The van der Waals surface area contributed by atoms with Crippen molar-refractivity contribution in [3.8, 4) is 5.75 Å². The van der Waals surface area contributed by atoms with E-state index in [1.807, 2.05) is 12.1 Å². The predicted octanol–water partition coefficient (Wildman–Crippen LogP) is 3.14. The number of para-hydroxylation sites is 1. The van der Waals surface area contributed by atoms with E-state index in [2.05, 4.69) is 28.3 Å². The second-order valence-electron chi connectivity index (χ2n) is 3.70. The minimum atomic E-state index is 0.726. The third-order valence-electron chi connectivity index (χ3n) is 2.42. The van der Waals surface area contributed by atoms with Gasteiger partial charge in [-0.2, -0.15) is 0 Å². The van der Waals surface area contributed by atoms with Crippen LogP contribution in [0.25, 0.3) is 0 Å². The molecule has 0 saturated carbocycles. The second kappa shape index (κ2) is 6.03. The van der Waals surface area contributed by atoms with E-state index in [1.54, 1.807) is 7.11 Å². The zero-order valence-electron chi connectivity index (χ0n) is 8.99. The molecule has 0 aliphatic carbocycles. The topological polar surface area (TPSA) is 9.23 Å². The first-order valence-corrected chi connectivity index (χ1v) is 5.91. The highest BCUT2D eigenvalue weighted by atomic mass is 31.0. The van der Waals surface area contributed by atoms with Gasteiger partial charge in [-0.3, -0.25) is 0 Å². The molecule has 1 nitrogen and oxygen atoms in total. The molecule has 2 heteroatoms. The van der Waals surface area contributed by atoms with E-state index >= 15 is 0 Å². The number of ether oxygens (including phenoxy) is 1. The van der Waals surface area contributed by atoms with Crippen molar-refractivity contribution in [3.05, 3.63) is 29.8 Å². The van der Waals surface area contributed by atoms with Gasteiger partial charge >= 0.3 is 0 Å². The summed E-state index contributed by atoms with van der Waals surface area (Å²) in [5, 5.41) is 0. The van der Waals surface area contributed by atoms with E-state index in [0.717, 1.165) is 18.1 Å². The Kier molecular flexibility index (Phi) is 4.97. The Morgan fingerprint density at radius 1 is 1.36 bits per heavy atom. The largest absolute Gasteiger partial charge is 0.496 e. The van der Waals surface area contributed by atoms with E-state index in [9.17, 15) is 0 Å². The molecule has 0 spiro atoms. The molecule has 0 bridgehead atoms. The average molecular weight is 210 g/mol. The van der Waals surface area contributed by atoms with Gasteiger partial charge < -0.3 is 4.74 Å². The first-order chi connectivity index (χ1) is 6.77. The molecule has 1 rings (SSSR count). The maximum atomic E-state index is 5.32. The van der Waals surface area contributed by atoms with Gasteiger partial charge in [-0.25, -0.2) is 0 Å². The fourth-order valence-electron chi connectivity index (χ4n) is 1.63. The number of benzene rings is 1. The molecule has 0 aliphatic rings. The van der Waals surface area contributed by atoms with Gasteiger partial charge in [0.2, 0.25) is 0 Å². The van der Waals surface area contributed by atoms with Crippen LogP contribution in [0.4, 0.5) is 0 Å². The molecular formula is C12H19OP. The van der Waals surface area contributed by atoms with E-state index in [1.165, 1.54) is 18.1 Å². The van der Waals surface area contributed by atoms with Crippen LogP contribution in [0.15, 0.2) is 24.3 Å². The van der Waals surface area contributed by atoms with Gasteiger partial charge in [-0.15, -0.1) is 9.24 Å². The van der Waals surface area contributed by atoms with Crippen LogP contribution in [0.2, 0.25) is 0 Å². The summed E-state index contributed by atoms with van der Waals surface area (Å²) in [6.07, 6.45) is 3.54. The summed E-state index contributed by atoms with van der Waals surface area (Å²) < 4.78 is 5.32. The van der Waals surface area contributed by atoms with Crippen molar-refractivity contribution < 1.29 is 4.74 Å². The van der Waals surface area contributed by atoms with Crippen LogP contribution in [-0.2, 0) is 6.42 Å². The highest BCUT2D eigenvalue weighted by Gasteiger charge is 2.06. The van der Waals surface area contributed by atoms with Crippen molar-refractivity contribution in [2.24, 2.45) is 5.92 Å². The minimum absolute atomic E-state index is 0.726. The first-order valence-electron chi connectivity index (χ1n) is 5.10. The van der Waals surface area contributed by atoms with Gasteiger partial charge in [0.1, 0.15) is 5.75 Å². The van der Waals surface area contributed by atoms with Crippen LogP contribution in [0.5, 0.6) is 5.75 Å². The van der Waals surface area contributed by atoms with Crippen LogP contribution in [0.1, 0.15) is 18.9 Å². The lowest BCUT2D eigenvalue weighted by molar-refractivity contribution is 0.405. The summed E-state index contributed by atoms with van der Waals surface area (Å²) in [6.45, 7) is 2.29. The third-order valence-corrected chi connectivity index (χ3v) is 2.75. The summed E-state index contributed by atoms with van der Waals surface area (Å²) in [5.74, 6) is 1.74. The molecule has 78 valence electrons. The number of hydrogen-bond donors (Lipinski definition) is 0. The van der Waals surface area contributed by atoms with Crippen molar-refractivity contribution in [2.75, 3.05) is 13.3 Å². The molecule has 14 heavy (non-hydrogen) atoms. The molecule has 0 saturated heterocycles. The lowest BCUT2D eigenvalue weighted by Crippen LogP contribution is -2.02. The molecule has 0 fully saturated rings. The second-order valence-corrected chi connectivity index (χ2v) is 4.28.